The van der Waals surface area contributed by atoms with E-state index in [1.807, 2.05) is 45.4 Å². The largest absolute Gasteiger partial charge is 0.870 e. The van der Waals surface area contributed by atoms with Crippen LogP contribution in [0.25, 0.3) is 10.8 Å². The number of fused-ring (bicyclic) bond motifs is 1. The Bertz CT molecular complexity index is 931. The van der Waals surface area contributed by atoms with E-state index in [-0.39, 0.29) is 25.0 Å². The summed E-state index contributed by atoms with van der Waals surface area (Å²) in [5, 5.41) is 11.4. The molecule has 9 nitrogen and oxygen atoms in total. The fraction of sp³-hybridized carbons (Fsp3) is 0.542. The molecule has 0 heterocycles. The smallest absolute Gasteiger partial charge is 0.472 e. The summed E-state index contributed by atoms with van der Waals surface area (Å²) in [6.07, 6.45) is 3.10. The van der Waals surface area contributed by atoms with E-state index in [1.165, 1.54) is 5.39 Å². The predicted molar refractivity (Wildman–Crippen MR) is 130 cm³/mol. The van der Waals surface area contributed by atoms with Crippen LogP contribution in [-0.2, 0) is 18.4 Å². The Morgan fingerprint density at radius 3 is 2.24 bits per heavy atom. The number of benzene rings is 2. The van der Waals surface area contributed by atoms with Crippen LogP contribution >= 0.6 is 7.82 Å². The number of hydrogen-bond acceptors (Lipinski definition) is 6. The number of phosphoric ester groups is 1. The average molecular weight is 500 g/mol. The molecule has 0 fully saturated rings. The van der Waals surface area contributed by atoms with Crippen molar-refractivity contribution < 1.29 is 43.1 Å². The van der Waals surface area contributed by atoms with Crippen molar-refractivity contribution in [2.75, 3.05) is 40.9 Å². The minimum absolute atomic E-state index is 0. The zero-order chi connectivity index (χ0) is 24.3. The van der Waals surface area contributed by atoms with Gasteiger partial charge in [0.05, 0.1) is 40.8 Å². The first-order valence-corrected chi connectivity index (χ1v) is 12.8. The molecule has 0 aliphatic rings. The van der Waals surface area contributed by atoms with Crippen LogP contribution in [0.15, 0.2) is 42.5 Å². The van der Waals surface area contributed by atoms with E-state index in [1.54, 1.807) is 0 Å². The lowest BCUT2D eigenvalue weighted by Gasteiger charge is -2.29. The number of ether oxygens (including phenoxy) is 1. The van der Waals surface area contributed by atoms with Crippen molar-refractivity contribution in [1.29, 1.82) is 0 Å². The molecule has 2 unspecified atom stereocenters. The quantitative estimate of drug-likeness (QED) is 0.193. The van der Waals surface area contributed by atoms with Crippen LogP contribution in [0.3, 0.4) is 0 Å². The van der Waals surface area contributed by atoms with Gasteiger partial charge < -0.3 is 24.7 Å². The molecular weight excluding hydrogens is 461 g/mol. The molecule has 0 bridgehead atoms. The number of carbonyl (C=O) groups is 1. The summed E-state index contributed by atoms with van der Waals surface area (Å²) < 4.78 is 28.6. The van der Waals surface area contributed by atoms with Crippen LogP contribution < -0.4 is 4.74 Å². The summed E-state index contributed by atoms with van der Waals surface area (Å²) in [5.74, 6) is -0.217. The van der Waals surface area contributed by atoms with Gasteiger partial charge in [0.1, 0.15) is 18.4 Å². The number of unbranched alkanes of at least 4 members (excludes halogenated alkanes) is 4. The maximum absolute atomic E-state index is 12.2. The van der Waals surface area contributed by atoms with Gasteiger partial charge >= 0.3 is 13.8 Å². The highest BCUT2D eigenvalue weighted by atomic mass is 31.2. The van der Waals surface area contributed by atoms with Gasteiger partial charge in [0.25, 0.3) is 0 Å². The van der Waals surface area contributed by atoms with E-state index in [2.05, 4.69) is 18.2 Å². The van der Waals surface area contributed by atoms with Crippen LogP contribution in [0.4, 0.5) is 0 Å². The fourth-order valence-corrected chi connectivity index (χ4v) is 4.46. The van der Waals surface area contributed by atoms with E-state index in [0.29, 0.717) is 17.5 Å². The minimum Gasteiger partial charge on any atom is -0.870 e. The predicted octanol–water partition coefficient (Wildman–Crippen LogP) is 4.68. The molecule has 2 atom stereocenters. The molecular formula is C24H38NO8P. The highest BCUT2D eigenvalue weighted by Gasteiger charge is 2.31. The molecule has 2 rings (SSSR count). The molecule has 0 aliphatic heterocycles. The number of phosphoric acid groups is 1. The molecule has 0 radical (unpaired) electrons. The third-order valence-electron chi connectivity index (χ3n) is 4.97. The normalized spacial score (nSPS) is 14.2. The first kappa shape index (κ1) is 30.0. The molecule has 0 spiro atoms. The Hall–Kier alpha value is -2.00. The third kappa shape index (κ3) is 12.5. The first-order chi connectivity index (χ1) is 15.5. The second-order valence-electron chi connectivity index (χ2n) is 9.23. The number of aliphatic carboxylic acids is 1. The zero-order valence-electron chi connectivity index (χ0n) is 20.3. The summed E-state index contributed by atoms with van der Waals surface area (Å²) >= 11 is 0. The van der Waals surface area contributed by atoms with E-state index >= 15 is 0 Å². The highest BCUT2D eigenvalue weighted by Crippen LogP contribution is 2.45. The standard InChI is InChI=1S/C24H36NO7P.H2O/c1-25(2,3)19-23(18-24(26)27)32-33(28,29)31-16-10-6-4-5-9-15-30-22-14-13-20-11-7-8-12-21(20)17-22;/h7-8,11-14,17,23H,4-6,9-10,15-16,18-19H2,1-3H3,(H-,26,27,28,29);1H2. The van der Waals surface area contributed by atoms with Crippen molar-refractivity contribution in [2.45, 2.75) is 44.6 Å². The fourth-order valence-electron chi connectivity index (χ4n) is 3.52. The van der Waals surface area contributed by atoms with Crippen LogP contribution in [0.2, 0.25) is 0 Å². The van der Waals surface area contributed by atoms with Gasteiger partial charge in [-0.1, -0.05) is 49.6 Å². The lowest BCUT2D eigenvalue weighted by Crippen LogP contribution is -2.42. The Labute approximate surface area is 201 Å². The molecule has 0 saturated heterocycles. The lowest BCUT2D eigenvalue weighted by atomic mass is 10.1. The van der Waals surface area contributed by atoms with Gasteiger partial charge in [-0.05, 0) is 35.7 Å². The number of rotatable bonds is 16. The molecule has 3 N–H and O–H groups in total. The summed E-state index contributed by atoms with van der Waals surface area (Å²) in [4.78, 5) is 20.9. The number of hydrogen-bond donors (Lipinski definition) is 2. The average Bonchev–Trinajstić information content (AvgIpc) is 2.70. The molecule has 0 saturated carbocycles. The molecule has 0 amide bonds. The van der Waals surface area contributed by atoms with Gasteiger partial charge in [0.15, 0.2) is 0 Å². The summed E-state index contributed by atoms with van der Waals surface area (Å²) in [6.45, 7) is 1.01. The zero-order valence-corrected chi connectivity index (χ0v) is 21.2. The Morgan fingerprint density at radius 2 is 1.59 bits per heavy atom. The topological polar surface area (TPSA) is 132 Å². The molecule has 2 aromatic rings. The van der Waals surface area contributed by atoms with Gasteiger partial charge in [-0.2, -0.15) is 0 Å². The van der Waals surface area contributed by atoms with E-state index in [0.717, 1.165) is 36.8 Å². The monoisotopic (exact) mass is 499 g/mol. The van der Waals surface area contributed by atoms with Gasteiger partial charge in [-0.25, -0.2) is 4.57 Å². The molecule has 192 valence electrons. The van der Waals surface area contributed by atoms with Crippen LogP contribution in [0.1, 0.15) is 38.5 Å². The first-order valence-electron chi connectivity index (χ1n) is 11.3. The minimum atomic E-state index is -4.30. The van der Waals surface area contributed by atoms with Crippen molar-refractivity contribution in [3.63, 3.8) is 0 Å². The second kappa shape index (κ2) is 14.4. The molecule has 0 aliphatic carbocycles. The van der Waals surface area contributed by atoms with E-state index in [9.17, 15) is 14.3 Å². The number of likely N-dealkylation sites (N-methyl/N-ethyl adjacent to an activating group) is 1. The van der Waals surface area contributed by atoms with E-state index < -0.39 is 19.9 Å². The molecule has 10 heteroatoms. The molecule has 34 heavy (non-hydrogen) atoms. The van der Waals surface area contributed by atoms with Gasteiger partial charge in [0, 0.05) is 0 Å². The van der Waals surface area contributed by atoms with Gasteiger partial charge in [-0.3, -0.25) is 13.8 Å². The van der Waals surface area contributed by atoms with Crippen LogP contribution in [-0.4, -0.2) is 72.9 Å². The summed E-state index contributed by atoms with van der Waals surface area (Å²) in [7, 11) is 1.26. The maximum Gasteiger partial charge on any atom is 0.472 e. The van der Waals surface area contributed by atoms with Crippen molar-refractivity contribution >= 4 is 24.6 Å². The van der Waals surface area contributed by atoms with E-state index in [4.69, 9.17) is 18.9 Å². The van der Waals surface area contributed by atoms with Crippen LogP contribution in [0.5, 0.6) is 5.75 Å². The Balaban J connectivity index is 0.00000578. The number of carboxylic acids is 1. The van der Waals surface area contributed by atoms with Crippen molar-refractivity contribution in [2.24, 2.45) is 0 Å². The van der Waals surface area contributed by atoms with Crippen LogP contribution in [0, 0.1) is 0 Å². The number of carboxylic acid groups (broad SMARTS) is 1. The second-order valence-corrected chi connectivity index (χ2v) is 10.6. The SMILES string of the molecule is C[N+](C)(C)CC(CC(=O)O)OP(=O)(O)OCCCCCCCOc1ccc2ccccc2c1.[OH-]. The van der Waals surface area contributed by atoms with Gasteiger partial charge in [0.2, 0.25) is 0 Å². The lowest BCUT2D eigenvalue weighted by molar-refractivity contribution is -0.873. The third-order valence-corrected chi connectivity index (χ3v) is 6.04. The number of nitrogens with zero attached hydrogens (tertiary/aromatic N) is 1. The van der Waals surface area contributed by atoms with Crippen molar-refractivity contribution in [1.82, 2.24) is 0 Å². The van der Waals surface area contributed by atoms with Crippen molar-refractivity contribution in [3.05, 3.63) is 42.5 Å². The molecule has 0 aromatic heterocycles. The van der Waals surface area contributed by atoms with Gasteiger partial charge in [-0.15, -0.1) is 0 Å². The Morgan fingerprint density at radius 1 is 0.971 bits per heavy atom. The number of quaternary nitrogens is 1. The summed E-state index contributed by atoms with van der Waals surface area (Å²) in [6, 6.07) is 14.3. The maximum atomic E-state index is 12.2. The summed E-state index contributed by atoms with van der Waals surface area (Å²) in [5.41, 5.74) is 0. The van der Waals surface area contributed by atoms with Crippen molar-refractivity contribution in [3.8, 4) is 5.75 Å². The Kier molecular flexibility index (Phi) is 12.7. The molecule has 2 aromatic carbocycles. The highest BCUT2D eigenvalue weighted by molar-refractivity contribution is 7.47.